The number of anilines is 1. The molecule has 2 N–H and O–H groups in total. The SMILES string of the molecule is COc1ccc(Cn2cc(-c3ccc(-c4nccc(N)n4)cc3)nn2)cc1. The standard InChI is InChI=1S/C20H18N6O/c1-27-17-8-2-14(3-9-17)12-26-13-18(24-25-26)15-4-6-16(7-5-15)20-22-11-10-19(21)23-20/h2-11,13H,12H2,1H3,(H2,21,22,23). The van der Waals surface area contributed by atoms with Gasteiger partial charge < -0.3 is 10.5 Å². The van der Waals surface area contributed by atoms with Crippen molar-refractivity contribution in [3.05, 3.63) is 72.6 Å². The van der Waals surface area contributed by atoms with Crippen LogP contribution in [0.3, 0.4) is 0 Å². The maximum atomic E-state index is 5.72. The number of ether oxygens (including phenoxy) is 1. The molecule has 2 aromatic carbocycles. The third-order valence-corrected chi connectivity index (χ3v) is 4.16. The topological polar surface area (TPSA) is 91.7 Å². The highest BCUT2D eigenvalue weighted by Crippen LogP contribution is 2.22. The zero-order chi connectivity index (χ0) is 18.6. The molecule has 0 unspecified atom stereocenters. The van der Waals surface area contributed by atoms with Gasteiger partial charge in [0, 0.05) is 17.3 Å². The Labute approximate surface area is 156 Å². The Hall–Kier alpha value is -3.74. The number of benzene rings is 2. The van der Waals surface area contributed by atoms with Crippen molar-refractivity contribution in [2.45, 2.75) is 6.54 Å². The Morgan fingerprint density at radius 2 is 1.70 bits per heavy atom. The number of hydrogen-bond donors (Lipinski definition) is 1. The van der Waals surface area contributed by atoms with Gasteiger partial charge >= 0.3 is 0 Å². The molecule has 0 saturated heterocycles. The van der Waals surface area contributed by atoms with Gasteiger partial charge in [0.1, 0.15) is 17.3 Å². The molecule has 0 aliphatic rings. The fraction of sp³-hybridized carbons (Fsp3) is 0.100. The van der Waals surface area contributed by atoms with Crippen LogP contribution < -0.4 is 10.5 Å². The third-order valence-electron chi connectivity index (χ3n) is 4.16. The average molecular weight is 358 g/mol. The first-order valence-corrected chi connectivity index (χ1v) is 8.44. The lowest BCUT2D eigenvalue weighted by Gasteiger charge is -2.03. The maximum absolute atomic E-state index is 5.72. The molecular formula is C20H18N6O. The molecule has 0 atom stereocenters. The van der Waals surface area contributed by atoms with E-state index < -0.39 is 0 Å². The lowest BCUT2D eigenvalue weighted by molar-refractivity contribution is 0.414. The summed E-state index contributed by atoms with van der Waals surface area (Å²) in [4.78, 5) is 8.48. The van der Waals surface area contributed by atoms with E-state index in [9.17, 15) is 0 Å². The molecule has 0 radical (unpaired) electrons. The van der Waals surface area contributed by atoms with E-state index in [1.54, 1.807) is 19.4 Å². The van der Waals surface area contributed by atoms with E-state index in [4.69, 9.17) is 10.5 Å². The van der Waals surface area contributed by atoms with Crippen molar-refractivity contribution in [3.8, 4) is 28.4 Å². The molecule has 27 heavy (non-hydrogen) atoms. The highest BCUT2D eigenvalue weighted by molar-refractivity contribution is 5.64. The van der Waals surface area contributed by atoms with E-state index in [-0.39, 0.29) is 0 Å². The Kier molecular flexibility index (Phi) is 4.49. The Balaban J connectivity index is 1.50. The average Bonchev–Trinajstić information content (AvgIpc) is 3.17. The van der Waals surface area contributed by atoms with Gasteiger partial charge in [0.25, 0.3) is 0 Å². The van der Waals surface area contributed by atoms with Crippen molar-refractivity contribution in [2.24, 2.45) is 0 Å². The fourth-order valence-electron chi connectivity index (χ4n) is 2.73. The minimum Gasteiger partial charge on any atom is -0.497 e. The molecule has 134 valence electrons. The lowest BCUT2D eigenvalue weighted by Crippen LogP contribution is -2.00. The summed E-state index contributed by atoms with van der Waals surface area (Å²) in [5.74, 6) is 1.89. The van der Waals surface area contributed by atoms with Crippen LogP contribution in [0.5, 0.6) is 5.75 Å². The van der Waals surface area contributed by atoms with E-state index in [0.717, 1.165) is 28.1 Å². The molecule has 7 heteroatoms. The summed E-state index contributed by atoms with van der Waals surface area (Å²) in [7, 11) is 1.66. The first kappa shape index (κ1) is 16.7. The van der Waals surface area contributed by atoms with Crippen LogP contribution in [0.15, 0.2) is 67.0 Å². The van der Waals surface area contributed by atoms with Crippen LogP contribution in [0.4, 0.5) is 5.82 Å². The molecule has 0 saturated carbocycles. The second kappa shape index (κ2) is 7.25. The first-order chi connectivity index (χ1) is 13.2. The Morgan fingerprint density at radius 1 is 0.963 bits per heavy atom. The summed E-state index contributed by atoms with van der Waals surface area (Å²) in [5.41, 5.74) is 9.53. The minimum atomic E-state index is 0.450. The van der Waals surface area contributed by atoms with E-state index in [1.165, 1.54) is 0 Å². The van der Waals surface area contributed by atoms with Gasteiger partial charge in [-0.1, -0.05) is 41.6 Å². The zero-order valence-electron chi connectivity index (χ0n) is 14.8. The van der Waals surface area contributed by atoms with Gasteiger partial charge in [-0.2, -0.15) is 0 Å². The normalized spacial score (nSPS) is 10.7. The predicted molar refractivity (Wildman–Crippen MR) is 103 cm³/mol. The second-order valence-corrected chi connectivity index (χ2v) is 6.03. The summed E-state index contributed by atoms with van der Waals surface area (Å²) in [6.07, 6.45) is 3.58. The summed E-state index contributed by atoms with van der Waals surface area (Å²) in [5, 5.41) is 8.49. The Bertz CT molecular complexity index is 1040. The number of hydrogen-bond acceptors (Lipinski definition) is 6. The van der Waals surface area contributed by atoms with Crippen LogP contribution in [-0.4, -0.2) is 32.1 Å². The van der Waals surface area contributed by atoms with E-state index in [2.05, 4.69) is 20.3 Å². The molecule has 0 amide bonds. The second-order valence-electron chi connectivity index (χ2n) is 6.03. The molecule has 0 bridgehead atoms. The Morgan fingerprint density at radius 3 is 2.41 bits per heavy atom. The molecule has 0 fully saturated rings. The van der Waals surface area contributed by atoms with Crippen LogP contribution in [-0.2, 0) is 6.54 Å². The fourth-order valence-corrected chi connectivity index (χ4v) is 2.73. The van der Waals surface area contributed by atoms with Gasteiger partial charge in [0.05, 0.1) is 19.9 Å². The summed E-state index contributed by atoms with van der Waals surface area (Å²) < 4.78 is 6.99. The van der Waals surface area contributed by atoms with Crippen molar-refractivity contribution >= 4 is 5.82 Å². The van der Waals surface area contributed by atoms with Crippen LogP contribution in [0.2, 0.25) is 0 Å². The first-order valence-electron chi connectivity index (χ1n) is 8.44. The number of nitrogen functional groups attached to an aromatic ring is 1. The minimum absolute atomic E-state index is 0.450. The molecule has 0 aliphatic heterocycles. The molecule has 0 spiro atoms. The number of methoxy groups -OCH3 is 1. The quantitative estimate of drug-likeness (QED) is 0.589. The third kappa shape index (κ3) is 3.77. The molecule has 4 rings (SSSR count). The van der Waals surface area contributed by atoms with Gasteiger partial charge in [-0.3, -0.25) is 0 Å². The van der Waals surface area contributed by atoms with Gasteiger partial charge in [-0.25, -0.2) is 14.6 Å². The van der Waals surface area contributed by atoms with Gasteiger partial charge in [0.2, 0.25) is 0 Å². The highest BCUT2D eigenvalue weighted by Gasteiger charge is 2.07. The monoisotopic (exact) mass is 358 g/mol. The number of rotatable bonds is 5. The molecule has 2 aromatic heterocycles. The number of aromatic nitrogens is 5. The smallest absolute Gasteiger partial charge is 0.161 e. The van der Waals surface area contributed by atoms with E-state index in [0.29, 0.717) is 18.2 Å². The van der Waals surface area contributed by atoms with Crippen LogP contribution >= 0.6 is 0 Å². The van der Waals surface area contributed by atoms with Gasteiger partial charge in [-0.05, 0) is 23.8 Å². The highest BCUT2D eigenvalue weighted by atomic mass is 16.5. The number of nitrogens with two attached hydrogens (primary N) is 1. The largest absolute Gasteiger partial charge is 0.497 e. The summed E-state index contributed by atoms with van der Waals surface area (Å²) in [6, 6.07) is 17.4. The van der Waals surface area contributed by atoms with E-state index in [1.807, 2.05) is 59.4 Å². The molecule has 4 aromatic rings. The maximum Gasteiger partial charge on any atom is 0.161 e. The molecule has 2 heterocycles. The number of nitrogens with zero attached hydrogens (tertiary/aromatic N) is 5. The van der Waals surface area contributed by atoms with Crippen molar-refractivity contribution < 1.29 is 4.74 Å². The van der Waals surface area contributed by atoms with Crippen LogP contribution in [0.1, 0.15) is 5.56 Å². The van der Waals surface area contributed by atoms with Gasteiger partial charge in [-0.15, -0.1) is 5.10 Å². The van der Waals surface area contributed by atoms with Crippen molar-refractivity contribution in [1.29, 1.82) is 0 Å². The van der Waals surface area contributed by atoms with Crippen molar-refractivity contribution in [1.82, 2.24) is 25.0 Å². The van der Waals surface area contributed by atoms with Crippen LogP contribution in [0.25, 0.3) is 22.6 Å². The van der Waals surface area contributed by atoms with Crippen LogP contribution in [0, 0.1) is 0 Å². The zero-order valence-corrected chi connectivity index (χ0v) is 14.8. The predicted octanol–water partition coefficient (Wildman–Crippen LogP) is 3.04. The summed E-state index contributed by atoms with van der Waals surface area (Å²) >= 11 is 0. The summed E-state index contributed by atoms with van der Waals surface area (Å²) in [6.45, 7) is 0.645. The molecular weight excluding hydrogens is 340 g/mol. The van der Waals surface area contributed by atoms with Gasteiger partial charge in [0.15, 0.2) is 5.82 Å². The molecule has 0 aliphatic carbocycles. The van der Waals surface area contributed by atoms with Crippen molar-refractivity contribution in [2.75, 3.05) is 12.8 Å². The molecule has 7 nitrogen and oxygen atoms in total. The lowest BCUT2D eigenvalue weighted by atomic mass is 10.1. The van der Waals surface area contributed by atoms with E-state index >= 15 is 0 Å². The van der Waals surface area contributed by atoms with Crippen molar-refractivity contribution in [3.63, 3.8) is 0 Å².